The molecule has 0 saturated carbocycles. The molecule has 2 aromatic heterocycles. The van der Waals surface area contributed by atoms with Crippen LogP contribution in [0.1, 0.15) is 16.2 Å². The quantitative estimate of drug-likeness (QED) is 0.690. The maximum absolute atomic E-state index is 12.9. The van der Waals surface area contributed by atoms with Gasteiger partial charge in [-0.3, -0.25) is 0 Å². The maximum Gasteiger partial charge on any atom is 0.355 e. The molecule has 4 nitrogen and oxygen atoms in total. The molecule has 6 heteroatoms. The lowest BCUT2D eigenvalue weighted by atomic mass is 10.2. The molecule has 3 aromatic rings. The highest BCUT2D eigenvalue weighted by Crippen LogP contribution is 2.24. The van der Waals surface area contributed by atoms with Crippen LogP contribution in [-0.4, -0.2) is 15.5 Å². The monoisotopic (exact) mass is 316 g/mol. The number of aryl methyl sites for hydroxylation is 1. The van der Waals surface area contributed by atoms with E-state index < -0.39 is 0 Å². The van der Waals surface area contributed by atoms with Gasteiger partial charge in [-0.15, -0.1) is 11.3 Å². The highest BCUT2D eigenvalue weighted by atomic mass is 32.1. The SMILES string of the molecule is Cn1cccc1C(=O)OCc1csc(-c2ccc(F)cc2)n1. The van der Waals surface area contributed by atoms with Crippen LogP contribution < -0.4 is 0 Å². The smallest absolute Gasteiger partial charge is 0.355 e. The Balaban J connectivity index is 1.66. The van der Waals surface area contributed by atoms with Crippen LogP contribution in [0.3, 0.4) is 0 Å². The molecule has 0 saturated heterocycles. The highest BCUT2D eigenvalue weighted by Gasteiger charge is 2.12. The molecule has 0 aliphatic carbocycles. The third-order valence-electron chi connectivity index (χ3n) is 3.15. The van der Waals surface area contributed by atoms with Crippen LogP contribution in [0.4, 0.5) is 4.39 Å². The van der Waals surface area contributed by atoms with E-state index in [4.69, 9.17) is 4.74 Å². The molecule has 0 N–H and O–H groups in total. The normalized spacial score (nSPS) is 10.6. The lowest BCUT2D eigenvalue weighted by Gasteiger charge is -2.03. The van der Waals surface area contributed by atoms with Crippen molar-refractivity contribution >= 4 is 17.3 Å². The van der Waals surface area contributed by atoms with Crippen molar-refractivity contribution in [3.05, 3.63) is 65.2 Å². The van der Waals surface area contributed by atoms with Gasteiger partial charge in [-0.1, -0.05) is 0 Å². The standard InChI is InChI=1S/C16H13FN2O2S/c1-19-8-2-3-14(19)16(20)21-9-13-10-22-15(18-13)11-4-6-12(17)7-5-11/h2-8,10H,9H2,1H3. The minimum Gasteiger partial charge on any atom is -0.454 e. The van der Waals surface area contributed by atoms with Gasteiger partial charge in [0.1, 0.15) is 23.1 Å². The summed E-state index contributed by atoms with van der Waals surface area (Å²) in [6.45, 7) is 0.113. The molecule has 22 heavy (non-hydrogen) atoms. The number of ether oxygens (including phenoxy) is 1. The summed E-state index contributed by atoms with van der Waals surface area (Å²) in [5, 5.41) is 2.60. The number of rotatable bonds is 4. The van der Waals surface area contributed by atoms with E-state index >= 15 is 0 Å². The molecule has 0 fully saturated rings. The van der Waals surface area contributed by atoms with Crippen LogP contribution >= 0.6 is 11.3 Å². The zero-order valence-electron chi connectivity index (χ0n) is 11.8. The Morgan fingerprint density at radius 3 is 2.77 bits per heavy atom. The molecule has 0 amide bonds. The largest absolute Gasteiger partial charge is 0.454 e. The van der Waals surface area contributed by atoms with Crippen molar-refractivity contribution in [2.45, 2.75) is 6.61 Å². The summed E-state index contributed by atoms with van der Waals surface area (Å²) < 4.78 is 19.9. The zero-order valence-corrected chi connectivity index (χ0v) is 12.6. The molecule has 112 valence electrons. The van der Waals surface area contributed by atoms with Crippen LogP contribution in [0.5, 0.6) is 0 Å². The predicted octanol–water partition coefficient (Wildman–Crippen LogP) is 3.64. The summed E-state index contributed by atoms with van der Waals surface area (Å²) in [6, 6.07) is 9.62. The Labute approximate surface area is 130 Å². The molecule has 0 spiro atoms. The first-order valence-corrected chi connectivity index (χ1v) is 7.50. The Morgan fingerprint density at radius 2 is 2.09 bits per heavy atom. The first-order valence-electron chi connectivity index (χ1n) is 6.62. The lowest BCUT2D eigenvalue weighted by Crippen LogP contribution is -2.09. The highest BCUT2D eigenvalue weighted by molar-refractivity contribution is 7.13. The second-order valence-corrected chi connectivity index (χ2v) is 5.59. The third kappa shape index (κ3) is 3.07. The molecule has 0 atom stereocenters. The number of nitrogens with zero attached hydrogens (tertiary/aromatic N) is 2. The van der Waals surface area contributed by atoms with Crippen molar-refractivity contribution < 1.29 is 13.9 Å². The van der Waals surface area contributed by atoms with Crippen molar-refractivity contribution in [2.75, 3.05) is 0 Å². The number of carbonyl (C=O) groups is 1. The van der Waals surface area contributed by atoms with Gasteiger partial charge in [-0.2, -0.15) is 0 Å². The van der Waals surface area contributed by atoms with Crippen LogP contribution in [0.15, 0.2) is 48.0 Å². The van der Waals surface area contributed by atoms with Crippen molar-refractivity contribution in [2.24, 2.45) is 7.05 Å². The summed E-state index contributed by atoms with van der Waals surface area (Å²) in [4.78, 5) is 16.3. The zero-order chi connectivity index (χ0) is 15.5. The average molecular weight is 316 g/mol. The van der Waals surface area contributed by atoms with E-state index in [0.717, 1.165) is 10.6 Å². The van der Waals surface area contributed by atoms with E-state index in [1.165, 1.54) is 23.5 Å². The minimum absolute atomic E-state index is 0.113. The first kappa shape index (κ1) is 14.5. The molecule has 3 rings (SSSR count). The number of esters is 1. The Hall–Kier alpha value is -2.47. The maximum atomic E-state index is 12.9. The molecule has 1 aromatic carbocycles. The number of carbonyl (C=O) groups excluding carboxylic acids is 1. The van der Waals surface area contributed by atoms with Crippen LogP contribution in [0.25, 0.3) is 10.6 Å². The van der Waals surface area contributed by atoms with Gasteiger partial charge in [-0.05, 0) is 36.4 Å². The summed E-state index contributed by atoms with van der Waals surface area (Å²) in [5.74, 6) is -0.666. The minimum atomic E-state index is -0.385. The third-order valence-corrected chi connectivity index (χ3v) is 4.09. The first-order chi connectivity index (χ1) is 10.6. The Kier molecular flexibility index (Phi) is 4.02. The van der Waals surface area contributed by atoms with Gasteiger partial charge < -0.3 is 9.30 Å². The van der Waals surface area contributed by atoms with Crippen molar-refractivity contribution in [1.82, 2.24) is 9.55 Å². The van der Waals surface area contributed by atoms with Crippen LogP contribution in [0.2, 0.25) is 0 Å². The fourth-order valence-corrected chi connectivity index (χ4v) is 2.80. The molecule has 0 aliphatic heterocycles. The van der Waals surface area contributed by atoms with E-state index in [1.54, 1.807) is 42.1 Å². The molecule has 0 bridgehead atoms. The average Bonchev–Trinajstić information content (AvgIpc) is 3.14. The number of benzene rings is 1. The van der Waals surface area contributed by atoms with E-state index in [2.05, 4.69) is 4.98 Å². The molecule has 0 radical (unpaired) electrons. The van der Waals surface area contributed by atoms with Crippen LogP contribution in [-0.2, 0) is 18.4 Å². The van der Waals surface area contributed by atoms with Crippen molar-refractivity contribution in [3.63, 3.8) is 0 Å². The van der Waals surface area contributed by atoms with Gasteiger partial charge in [0.2, 0.25) is 0 Å². The van der Waals surface area contributed by atoms with E-state index in [-0.39, 0.29) is 18.4 Å². The topological polar surface area (TPSA) is 44.1 Å². The predicted molar refractivity (Wildman–Crippen MR) is 82.0 cm³/mol. The van der Waals surface area contributed by atoms with Gasteiger partial charge in [0, 0.05) is 24.2 Å². The molecule has 0 aliphatic rings. The summed E-state index contributed by atoms with van der Waals surface area (Å²) in [5.41, 5.74) is 2.01. The van der Waals surface area contributed by atoms with E-state index in [9.17, 15) is 9.18 Å². The van der Waals surface area contributed by atoms with Crippen LogP contribution in [0, 0.1) is 5.82 Å². The summed E-state index contributed by atoms with van der Waals surface area (Å²) in [7, 11) is 1.78. The fourth-order valence-electron chi connectivity index (χ4n) is 1.98. The van der Waals surface area contributed by atoms with E-state index in [1.807, 2.05) is 5.38 Å². The number of halogens is 1. The van der Waals surface area contributed by atoms with Gasteiger partial charge in [0.15, 0.2) is 0 Å². The summed E-state index contributed by atoms with van der Waals surface area (Å²) >= 11 is 1.43. The fraction of sp³-hybridized carbons (Fsp3) is 0.125. The van der Waals surface area contributed by atoms with Gasteiger partial charge in [0.25, 0.3) is 0 Å². The van der Waals surface area contributed by atoms with E-state index in [0.29, 0.717) is 11.4 Å². The molecular weight excluding hydrogens is 303 g/mol. The molecule has 2 heterocycles. The Bertz CT molecular complexity index is 793. The lowest BCUT2D eigenvalue weighted by molar-refractivity contribution is 0.0457. The number of hydrogen-bond donors (Lipinski definition) is 0. The second kappa shape index (κ2) is 6.11. The van der Waals surface area contributed by atoms with Gasteiger partial charge >= 0.3 is 5.97 Å². The number of thiazole rings is 1. The summed E-state index contributed by atoms with van der Waals surface area (Å²) in [6.07, 6.45) is 1.78. The van der Waals surface area contributed by atoms with Gasteiger partial charge in [-0.25, -0.2) is 14.2 Å². The Morgan fingerprint density at radius 1 is 1.32 bits per heavy atom. The van der Waals surface area contributed by atoms with Crippen molar-refractivity contribution in [1.29, 1.82) is 0 Å². The second-order valence-electron chi connectivity index (χ2n) is 4.73. The van der Waals surface area contributed by atoms with Crippen molar-refractivity contribution in [3.8, 4) is 10.6 Å². The number of aromatic nitrogens is 2. The van der Waals surface area contributed by atoms with Gasteiger partial charge in [0.05, 0.1) is 5.69 Å². The number of hydrogen-bond acceptors (Lipinski definition) is 4. The molecule has 0 unspecified atom stereocenters. The molecular formula is C16H13FN2O2S.